The van der Waals surface area contributed by atoms with Crippen LogP contribution in [0.4, 0.5) is 13.2 Å². The van der Waals surface area contributed by atoms with Gasteiger partial charge in [0.05, 0.1) is 18.7 Å². The van der Waals surface area contributed by atoms with Gasteiger partial charge in [-0.25, -0.2) is 0 Å². The predicted octanol–water partition coefficient (Wildman–Crippen LogP) is 5.20. The van der Waals surface area contributed by atoms with E-state index in [0.717, 1.165) is 11.6 Å². The number of ether oxygens (including phenoxy) is 1. The summed E-state index contributed by atoms with van der Waals surface area (Å²) >= 11 is 0. The lowest BCUT2D eigenvalue weighted by Gasteiger charge is -2.41. The van der Waals surface area contributed by atoms with Crippen LogP contribution in [0.2, 0.25) is 0 Å². The van der Waals surface area contributed by atoms with Crippen LogP contribution < -0.4 is 4.74 Å². The minimum absolute atomic E-state index is 0.0398. The van der Waals surface area contributed by atoms with Crippen LogP contribution in [0.3, 0.4) is 0 Å². The zero-order valence-corrected chi connectivity index (χ0v) is 19.9. The molecule has 0 spiro atoms. The van der Waals surface area contributed by atoms with Crippen molar-refractivity contribution in [2.24, 2.45) is 0 Å². The maximum absolute atomic E-state index is 13.6. The van der Waals surface area contributed by atoms with Gasteiger partial charge in [-0.1, -0.05) is 48.5 Å². The van der Waals surface area contributed by atoms with Crippen LogP contribution in [0.15, 0.2) is 78.9 Å². The van der Waals surface area contributed by atoms with Gasteiger partial charge in [0.15, 0.2) is 0 Å². The molecule has 1 aliphatic rings. The lowest BCUT2D eigenvalue weighted by molar-refractivity contribution is -0.143. The molecule has 8 heteroatoms. The van der Waals surface area contributed by atoms with E-state index >= 15 is 0 Å². The molecule has 1 aliphatic heterocycles. The highest BCUT2D eigenvalue weighted by Crippen LogP contribution is 2.33. The van der Waals surface area contributed by atoms with E-state index in [9.17, 15) is 22.8 Å². The van der Waals surface area contributed by atoms with Crippen LogP contribution >= 0.6 is 0 Å². The van der Waals surface area contributed by atoms with Gasteiger partial charge in [0.2, 0.25) is 5.91 Å². The number of aryl methyl sites for hydroxylation is 1. The van der Waals surface area contributed by atoms with Crippen LogP contribution in [0.5, 0.6) is 5.75 Å². The van der Waals surface area contributed by atoms with Crippen LogP contribution in [-0.4, -0.2) is 47.9 Å². The molecule has 188 valence electrons. The summed E-state index contributed by atoms with van der Waals surface area (Å²) in [7, 11) is 1.53. The van der Waals surface area contributed by atoms with Crippen molar-refractivity contribution in [3.63, 3.8) is 0 Å². The first kappa shape index (κ1) is 25.3. The Morgan fingerprint density at radius 3 is 2.31 bits per heavy atom. The molecule has 0 aliphatic carbocycles. The minimum atomic E-state index is -4.52. The standard InChI is InChI=1S/C28H27F3N2O3/c1-36-24-15-12-21(13-16-24)27(35)32-18-23(14-11-20-7-3-2-4-8-20)33(26(34)19-32)17-22-9-5-6-10-25(22)28(29,30)31/h2-10,12-13,15-16,23H,11,14,17-19H2,1H3/t23-/m0/s1. The molecule has 0 aromatic heterocycles. The van der Waals surface area contributed by atoms with Gasteiger partial charge in [-0.2, -0.15) is 13.2 Å². The second-order valence-electron chi connectivity index (χ2n) is 8.77. The summed E-state index contributed by atoms with van der Waals surface area (Å²) in [6.45, 7) is -0.128. The highest BCUT2D eigenvalue weighted by Gasteiger charge is 2.38. The van der Waals surface area contributed by atoms with Crippen LogP contribution in [0.25, 0.3) is 0 Å². The quantitative estimate of drug-likeness (QED) is 0.452. The Kier molecular flexibility index (Phi) is 7.62. The number of nitrogens with zero attached hydrogens (tertiary/aromatic N) is 2. The topological polar surface area (TPSA) is 49.9 Å². The molecule has 0 bridgehead atoms. The summed E-state index contributed by atoms with van der Waals surface area (Å²) in [5.41, 5.74) is 0.759. The Labute approximate surface area is 208 Å². The summed E-state index contributed by atoms with van der Waals surface area (Å²) in [5.74, 6) is -0.0688. The maximum Gasteiger partial charge on any atom is 0.416 e. The third-order valence-electron chi connectivity index (χ3n) is 6.42. The molecule has 1 heterocycles. The summed E-state index contributed by atoms with van der Waals surface area (Å²) in [6.07, 6.45) is -3.39. The van der Waals surface area contributed by atoms with E-state index in [1.54, 1.807) is 24.3 Å². The monoisotopic (exact) mass is 496 g/mol. The lowest BCUT2D eigenvalue weighted by atomic mass is 9.99. The predicted molar refractivity (Wildman–Crippen MR) is 129 cm³/mol. The first-order valence-electron chi connectivity index (χ1n) is 11.7. The van der Waals surface area contributed by atoms with Gasteiger partial charge in [0.1, 0.15) is 12.3 Å². The number of carbonyl (C=O) groups excluding carboxylic acids is 2. The SMILES string of the molecule is COc1ccc(C(=O)N2CC(=O)N(Cc3ccccc3C(F)(F)F)[C@@H](CCc3ccccc3)C2)cc1. The molecule has 2 amide bonds. The van der Waals surface area contributed by atoms with E-state index in [0.29, 0.717) is 24.2 Å². The number of carbonyl (C=O) groups is 2. The summed E-state index contributed by atoms with van der Waals surface area (Å²) in [4.78, 5) is 29.4. The molecule has 0 unspecified atom stereocenters. The summed E-state index contributed by atoms with van der Waals surface area (Å²) in [6, 6.07) is 21.2. The molecule has 4 rings (SSSR count). The molecule has 0 N–H and O–H groups in total. The number of amides is 2. The summed E-state index contributed by atoms with van der Waals surface area (Å²) < 4.78 is 46.0. The molecule has 5 nitrogen and oxygen atoms in total. The first-order valence-corrected chi connectivity index (χ1v) is 11.7. The Hall–Kier alpha value is -3.81. The zero-order valence-electron chi connectivity index (χ0n) is 19.9. The molecule has 36 heavy (non-hydrogen) atoms. The third-order valence-corrected chi connectivity index (χ3v) is 6.42. The number of methoxy groups -OCH3 is 1. The number of benzene rings is 3. The largest absolute Gasteiger partial charge is 0.497 e. The van der Waals surface area contributed by atoms with Crippen molar-refractivity contribution in [3.8, 4) is 5.75 Å². The van der Waals surface area contributed by atoms with Gasteiger partial charge in [0.25, 0.3) is 5.91 Å². The van der Waals surface area contributed by atoms with Crippen molar-refractivity contribution in [2.45, 2.75) is 31.6 Å². The Morgan fingerprint density at radius 1 is 0.972 bits per heavy atom. The second kappa shape index (κ2) is 10.8. The third kappa shape index (κ3) is 5.87. The Bertz CT molecular complexity index is 1200. The number of rotatable bonds is 7. The van der Waals surface area contributed by atoms with Crippen molar-refractivity contribution in [1.82, 2.24) is 9.80 Å². The van der Waals surface area contributed by atoms with E-state index in [1.807, 2.05) is 30.3 Å². The van der Waals surface area contributed by atoms with Gasteiger partial charge >= 0.3 is 6.18 Å². The van der Waals surface area contributed by atoms with Gasteiger partial charge in [-0.3, -0.25) is 9.59 Å². The van der Waals surface area contributed by atoms with Gasteiger partial charge in [-0.05, 0) is 54.3 Å². The molecular weight excluding hydrogens is 469 g/mol. The molecule has 1 atom stereocenters. The van der Waals surface area contributed by atoms with Crippen LogP contribution in [0, 0.1) is 0 Å². The second-order valence-corrected chi connectivity index (χ2v) is 8.77. The van der Waals surface area contributed by atoms with Gasteiger partial charge in [-0.15, -0.1) is 0 Å². The molecule has 1 fully saturated rings. The van der Waals surface area contributed by atoms with E-state index in [1.165, 1.54) is 35.1 Å². The fourth-order valence-corrected chi connectivity index (χ4v) is 4.51. The summed E-state index contributed by atoms with van der Waals surface area (Å²) in [5, 5.41) is 0. The Morgan fingerprint density at radius 2 is 1.64 bits per heavy atom. The van der Waals surface area contributed by atoms with Gasteiger partial charge in [0, 0.05) is 18.7 Å². The molecule has 1 saturated heterocycles. The average Bonchev–Trinajstić information content (AvgIpc) is 2.88. The highest BCUT2D eigenvalue weighted by molar-refractivity contribution is 5.97. The highest BCUT2D eigenvalue weighted by atomic mass is 19.4. The van der Waals surface area contributed by atoms with Gasteiger partial charge < -0.3 is 14.5 Å². The van der Waals surface area contributed by atoms with E-state index < -0.39 is 17.8 Å². The molecule has 0 saturated carbocycles. The molecular formula is C28H27F3N2O3. The Balaban J connectivity index is 1.58. The van der Waals surface area contributed by atoms with E-state index in [-0.39, 0.29) is 37.0 Å². The van der Waals surface area contributed by atoms with Crippen molar-refractivity contribution in [1.29, 1.82) is 0 Å². The molecule has 0 radical (unpaired) electrons. The van der Waals surface area contributed by atoms with Crippen molar-refractivity contribution in [3.05, 3.63) is 101 Å². The van der Waals surface area contributed by atoms with Crippen LogP contribution in [-0.2, 0) is 23.9 Å². The number of piperazine rings is 1. The maximum atomic E-state index is 13.6. The zero-order chi connectivity index (χ0) is 25.7. The number of alkyl halides is 3. The van der Waals surface area contributed by atoms with Crippen LogP contribution in [0.1, 0.15) is 33.5 Å². The minimum Gasteiger partial charge on any atom is -0.497 e. The smallest absolute Gasteiger partial charge is 0.416 e. The van der Waals surface area contributed by atoms with E-state index in [2.05, 4.69) is 0 Å². The van der Waals surface area contributed by atoms with Crippen molar-refractivity contribution >= 4 is 11.8 Å². The molecule has 3 aromatic carbocycles. The number of hydrogen-bond donors (Lipinski definition) is 0. The molecule has 3 aromatic rings. The fourth-order valence-electron chi connectivity index (χ4n) is 4.51. The fraction of sp³-hybridized carbons (Fsp3) is 0.286. The average molecular weight is 497 g/mol. The lowest BCUT2D eigenvalue weighted by Crippen LogP contribution is -2.57. The van der Waals surface area contributed by atoms with Crippen molar-refractivity contribution in [2.75, 3.05) is 20.2 Å². The van der Waals surface area contributed by atoms with E-state index in [4.69, 9.17) is 4.74 Å². The first-order chi connectivity index (χ1) is 17.3. The number of hydrogen-bond acceptors (Lipinski definition) is 3. The normalized spacial score (nSPS) is 16.2. The van der Waals surface area contributed by atoms with Crippen molar-refractivity contribution < 1.29 is 27.5 Å². The number of halogens is 3.